The average Bonchev–Trinajstić information content (AvgIpc) is 1.97. The fraction of sp³-hybridized carbons (Fsp3) is 1.00. The molecule has 1 atom stereocenters. The largest absolute Gasteiger partial charge is 0.396 e. The van der Waals surface area contributed by atoms with E-state index in [9.17, 15) is 0 Å². The fourth-order valence-electron chi connectivity index (χ4n) is 1.29. The zero-order valence-electron chi connectivity index (χ0n) is 7.93. The Labute approximate surface area is 70.0 Å². The molecule has 0 aliphatic rings. The van der Waals surface area contributed by atoms with Gasteiger partial charge in [0.1, 0.15) is 0 Å². The summed E-state index contributed by atoms with van der Waals surface area (Å²) in [7, 11) is 1.99. The summed E-state index contributed by atoms with van der Waals surface area (Å²) in [6.07, 6.45) is 3.21. The molecule has 0 heterocycles. The third-order valence-corrected chi connectivity index (χ3v) is 1.87. The van der Waals surface area contributed by atoms with Crippen molar-refractivity contribution in [2.24, 2.45) is 5.92 Å². The van der Waals surface area contributed by atoms with Crippen LogP contribution in [0.5, 0.6) is 0 Å². The number of hydrogen-bond donors (Lipinski definition) is 2. The van der Waals surface area contributed by atoms with Gasteiger partial charge < -0.3 is 10.4 Å². The standard InChI is InChI=1S/C9H21NO/c1-8(2)7-9(10-3)5-4-6-11/h8-11H,4-7H2,1-3H3. The maximum absolute atomic E-state index is 8.62. The van der Waals surface area contributed by atoms with Gasteiger partial charge in [-0.05, 0) is 32.2 Å². The molecule has 0 aliphatic heterocycles. The van der Waals surface area contributed by atoms with Crippen molar-refractivity contribution in [3.8, 4) is 0 Å². The van der Waals surface area contributed by atoms with Crippen LogP contribution in [0.2, 0.25) is 0 Å². The smallest absolute Gasteiger partial charge is 0.0431 e. The molecular weight excluding hydrogens is 138 g/mol. The molecule has 0 aliphatic carbocycles. The van der Waals surface area contributed by atoms with Crippen LogP contribution in [0.25, 0.3) is 0 Å². The summed E-state index contributed by atoms with van der Waals surface area (Å²) in [6.45, 7) is 4.77. The molecule has 0 rings (SSSR count). The second-order valence-corrected chi connectivity index (χ2v) is 3.48. The molecular formula is C9H21NO. The number of aliphatic hydroxyl groups excluding tert-OH is 1. The SMILES string of the molecule is CNC(CCCO)CC(C)C. The zero-order valence-corrected chi connectivity index (χ0v) is 7.93. The molecule has 0 bridgehead atoms. The van der Waals surface area contributed by atoms with Gasteiger partial charge in [0.2, 0.25) is 0 Å². The Morgan fingerprint density at radius 2 is 2.00 bits per heavy atom. The number of aliphatic hydroxyl groups is 1. The van der Waals surface area contributed by atoms with E-state index in [0.29, 0.717) is 12.6 Å². The lowest BCUT2D eigenvalue weighted by Crippen LogP contribution is -2.26. The Hall–Kier alpha value is -0.0800. The first-order valence-corrected chi connectivity index (χ1v) is 4.48. The number of nitrogens with one attached hydrogen (secondary N) is 1. The predicted molar refractivity (Wildman–Crippen MR) is 48.6 cm³/mol. The molecule has 68 valence electrons. The highest BCUT2D eigenvalue weighted by Gasteiger charge is 2.06. The van der Waals surface area contributed by atoms with Gasteiger partial charge in [0.15, 0.2) is 0 Å². The Kier molecular flexibility index (Phi) is 6.57. The van der Waals surface area contributed by atoms with Crippen molar-refractivity contribution in [2.45, 2.75) is 39.2 Å². The van der Waals surface area contributed by atoms with E-state index in [1.54, 1.807) is 0 Å². The van der Waals surface area contributed by atoms with Crippen LogP contribution in [0.3, 0.4) is 0 Å². The lowest BCUT2D eigenvalue weighted by Gasteiger charge is -2.17. The molecule has 0 fully saturated rings. The normalized spacial score (nSPS) is 13.9. The molecule has 0 aromatic rings. The zero-order chi connectivity index (χ0) is 8.69. The van der Waals surface area contributed by atoms with Gasteiger partial charge in [-0.1, -0.05) is 13.8 Å². The van der Waals surface area contributed by atoms with E-state index < -0.39 is 0 Å². The van der Waals surface area contributed by atoms with Crippen LogP contribution in [-0.2, 0) is 0 Å². The van der Waals surface area contributed by atoms with Crippen molar-refractivity contribution in [2.75, 3.05) is 13.7 Å². The minimum absolute atomic E-state index is 0.316. The van der Waals surface area contributed by atoms with Crippen LogP contribution >= 0.6 is 0 Å². The van der Waals surface area contributed by atoms with Crippen molar-refractivity contribution >= 4 is 0 Å². The number of hydrogen-bond acceptors (Lipinski definition) is 2. The lowest BCUT2D eigenvalue weighted by molar-refractivity contribution is 0.271. The third-order valence-electron chi connectivity index (χ3n) is 1.87. The Balaban J connectivity index is 3.41. The molecule has 1 unspecified atom stereocenters. The Morgan fingerprint density at radius 1 is 1.36 bits per heavy atom. The molecule has 0 aromatic carbocycles. The predicted octanol–water partition coefficient (Wildman–Crippen LogP) is 1.39. The van der Waals surface area contributed by atoms with Crippen LogP contribution in [0, 0.1) is 5.92 Å². The van der Waals surface area contributed by atoms with E-state index in [1.165, 1.54) is 6.42 Å². The minimum atomic E-state index is 0.316. The van der Waals surface area contributed by atoms with Crippen molar-refractivity contribution in [3.63, 3.8) is 0 Å². The second kappa shape index (κ2) is 6.62. The van der Waals surface area contributed by atoms with Gasteiger partial charge in [-0.2, -0.15) is 0 Å². The van der Waals surface area contributed by atoms with Gasteiger partial charge in [0.25, 0.3) is 0 Å². The monoisotopic (exact) mass is 159 g/mol. The highest BCUT2D eigenvalue weighted by atomic mass is 16.2. The van der Waals surface area contributed by atoms with Crippen LogP contribution in [-0.4, -0.2) is 24.8 Å². The number of rotatable bonds is 6. The van der Waals surface area contributed by atoms with Gasteiger partial charge >= 0.3 is 0 Å². The first-order valence-electron chi connectivity index (χ1n) is 4.48. The van der Waals surface area contributed by atoms with Gasteiger partial charge in [-0.15, -0.1) is 0 Å². The molecule has 2 heteroatoms. The van der Waals surface area contributed by atoms with Crippen LogP contribution in [0.4, 0.5) is 0 Å². The summed E-state index contributed by atoms with van der Waals surface area (Å²) in [4.78, 5) is 0. The van der Waals surface area contributed by atoms with E-state index in [-0.39, 0.29) is 0 Å². The van der Waals surface area contributed by atoms with Crippen molar-refractivity contribution < 1.29 is 5.11 Å². The van der Waals surface area contributed by atoms with Gasteiger partial charge in [-0.3, -0.25) is 0 Å². The van der Waals surface area contributed by atoms with Gasteiger partial charge in [0.05, 0.1) is 0 Å². The van der Waals surface area contributed by atoms with Crippen molar-refractivity contribution in [1.29, 1.82) is 0 Å². The molecule has 0 radical (unpaired) electrons. The van der Waals surface area contributed by atoms with Crippen LogP contribution < -0.4 is 5.32 Å². The van der Waals surface area contributed by atoms with Gasteiger partial charge in [0, 0.05) is 12.6 Å². The fourth-order valence-corrected chi connectivity index (χ4v) is 1.29. The van der Waals surface area contributed by atoms with E-state index >= 15 is 0 Å². The molecule has 0 amide bonds. The quantitative estimate of drug-likeness (QED) is 0.614. The topological polar surface area (TPSA) is 32.3 Å². The molecule has 0 aromatic heterocycles. The maximum Gasteiger partial charge on any atom is 0.0431 e. The molecule has 0 saturated heterocycles. The summed E-state index contributed by atoms with van der Waals surface area (Å²) >= 11 is 0. The van der Waals surface area contributed by atoms with E-state index in [1.807, 2.05) is 7.05 Å². The lowest BCUT2D eigenvalue weighted by atomic mass is 10.0. The van der Waals surface area contributed by atoms with E-state index in [0.717, 1.165) is 18.8 Å². The highest BCUT2D eigenvalue weighted by Crippen LogP contribution is 2.08. The summed E-state index contributed by atoms with van der Waals surface area (Å²) < 4.78 is 0. The Morgan fingerprint density at radius 3 is 2.36 bits per heavy atom. The third kappa shape index (κ3) is 6.32. The van der Waals surface area contributed by atoms with Crippen LogP contribution in [0.15, 0.2) is 0 Å². The van der Waals surface area contributed by atoms with Gasteiger partial charge in [-0.25, -0.2) is 0 Å². The molecule has 2 N–H and O–H groups in total. The van der Waals surface area contributed by atoms with E-state index in [4.69, 9.17) is 5.11 Å². The second-order valence-electron chi connectivity index (χ2n) is 3.48. The summed E-state index contributed by atoms with van der Waals surface area (Å²) in [5, 5.41) is 11.9. The summed E-state index contributed by atoms with van der Waals surface area (Å²) in [6, 6.07) is 0.585. The Bertz CT molecular complexity index is 83.6. The van der Waals surface area contributed by atoms with Crippen LogP contribution in [0.1, 0.15) is 33.1 Å². The maximum atomic E-state index is 8.62. The minimum Gasteiger partial charge on any atom is -0.396 e. The average molecular weight is 159 g/mol. The van der Waals surface area contributed by atoms with E-state index in [2.05, 4.69) is 19.2 Å². The van der Waals surface area contributed by atoms with Crippen molar-refractivity contribution in [3.05, 3.63) is 0 Å². The molecule has 11 heavy (non-hydrogen) atoms. The summed E-state index contributed by atoms with van der Waals surface area (Å²) in [5.74, 6) is 0.742. The first kappa shape index (κ1) is 10.9. The van der Waals surface area contributed by atoms with Crippen molar-refractivity contribution in [1.82, 2.24) is 5.32 Å². The molecule has 0 saturated carbocycles. The molecule has 0 spiro atoms. The highest BCUT2D eigenvalue weighted by molar-refractivity contribution is 4.65. The molecule has 2 nitrogen and oxygen atoms in total. The first-order chi connectivity index (χ1) is 5.20. The summed E-state index contributed by atoms with van der Waals surface area (Å²) in [5.41, 5.74) is 0.